The number of nitrogen functional groups attached to an aromatic ring is 1. The number of rotatable bonds is 8. The molecular formula is C16H17F3N5O4PS. The molecule has 0 radical (unpaired) electrons. The molecule has 1 atom stereocenters. The van der Waals surface area contributed by atoms with Crippen LogP contribution in [0.3, 0.4) is 0 Å². The topological polar surface area (TPSA) is 136 Å². The molecule has 0 bridgehead atoms. The lowest BCUT2D eigenvalue weighted by Crippen LogP contribution is -2.24. The molecule has 0 fully saturated rings. The van der Waals surface area contributed by atoms with E-state index in [1.165, 1.54) is 22.7 Å². The predicted octanol–water partition coefficient (Wildman–Crippen LogP) is 3.03. The molecule has 1 aromatic carbocycles. The van der Waals surface area contributed by atoms with Crippen molar-refractivity contribution in [2.75, 3.05) is 12.3 Å². The van der Waals surface area contributed by atoms with Gasteiger partial charge in [-0.2, -0.15) is 18.2 Å². The molecule has 0 saturated heterocycles. The molecule has 2 heterocycles. The van der Waals surface area contributed by atoms with Crippen LogP contribution in [0.25, 0.3) is 11.2 Å². The molecule has 0 aliphatic rings. The maximum Gasteiger partial charge on any atom is 0.392 e. The van der Waals surface area contributed by atoms with Gasteiger partial charge in [0.2, 0.25) is 5.95 Å². The number of nitrogens with two attached hydrogens (primary N) is 1. The Morgan fingerprint density at radius 1 is 1.23 bits per heavy atom. The van der Waals surface area contributed by atoms with Gasteiger partial charge in [-0.25, -0.2) is 9.97 Å². The van der Waals surface area contributed by atoms with Gasteiger partial charge in [0.15, 0.2) is 11.5 Å². The van der Waals surface area contributed by atoms with Crippen molar-refractivity contribution < 1.29 is 32.3 Å². The second-order valence-electron chi connectivity index (χ2n) is 6.15. The zero-order valence-corrected chi connectivity index (χ0v) is 16.9. The summed E-state index contributed by atoms with van der Waals surface area (Å²) in [6, 6.07) is 9.34. The Morgan fingerprint density at radius 2 is 1.93 bits per heavy atom. The van der Waals surface area contributed by atoms with E-state index in [0.717, 1.165) is 4.90 Å². The highest BCUT2D eigenvalue weighted by Gasteiger charge is 2.41. The number of ether oxygens (including phenoxy) is 1. The van der Waals surface area contributed by atoms with Crippen LogP contribution in [-0.2, 0) is 15.8 Å². The standard InChI is InChI=1S/C16H17F3N5O4PS/c17-16(18,19)8-11(29(25,26)27)28-7-6-24-9-21-12-13(24)22-15(20)23-14(12)30-10-4-2-1-3-5-10/h1-5,9,11H,6-8H2,(H2,20,22,23)(H2,25,26,27). The molecule has 3 rings (SSSR count). The first-order chi connectivity index (χ1) is 14.0. The molecule has 0 saturated carbocycles. The number of aromatic nitrogens is 4. The maximum absolute atomic E-state index is 12.5. The largest absolute Gasteiger partial charge is 0.392 e. The van der Waals surface area contributed by atoms with E-state index in [1.807, 2.05) is 30.3 Å². The minimum absolute atomic E-state index is 0.0197. The summed E-state index contributed by atoms with van der Waals surface area (Å²) < 4.78 is 55.2. The van der Waals surface area contributed by atoms with Crippen LogP contribution in [0.1, 0.15) is 6.42 Å². The van der Waals surface area contributed by atoms with Crippen LogP contribution in [0.15, 0.2) is 46.6 Å². The summed E-state index contributed by atoms with van der Waals surface area (Å²) in [7, 11) is -5.10. The normalized spacial score (nSPS) is 13.6. The fraction of sp³-hybridized carbons (Fsp3) is 0.312. The fourth-order valence-electron chi connectivity index (χ4n) is 2.53. The zero-order valence-electron chi connectivity index (χ0n) is 15.2. The Bertz CT molecular complexity index is 1060. The predicted molar refractivity (Wildman–Crippen MR) is 103 cm³/mol. The van der Waals surface area contributed by atoms with E-state index >= 15 is 0 Å². The van der Waals surface area contributed by atoms with Gasteiger partial charge in [0.1, 0.15) is 10.5 Å². The van der Waals surface area contributed by atoms with Gasteiger partial charge >= 0.3 is 13.8 Å². The van der Waals surface area contributed by atoms with E-state index in [1.54, 1.807) is 0 Å². The Labute approximate surface area is 172 Å². The van der Waals surface area contributed by atoms with Gasteiger partial charge < -0.3 is 24.8 Å². The van der Waals surface area contributed by atoms with Gasteiger partial charge in [-0.15, -0.1) is 0 Å². The molecule has 1 unspecified atom stereocenters. The van der Waals surface area contributed by atoms with E-state index in [4.69, 9.17) is 20.3 Å². The highest BCUT2D eigenvalue weighted by atomic mass is 32.2. The zero-order chi connectivity index (χ0) is 21.9. The minimum atomic E-state index is -5.10. The monoisotopic (exact) mass is 463 g/mol. The first-order valence-electron chi connectivity index (χ1n) is 8.48. The maximum atomic E-state index is 12.5. The summed E-state index contributed by atoms with van der Waals surface area (Å²) in [5, 5.41) is 0.494. The van der Waals surface area contributed by atoms with Crippen molar-refractivity contribution in [3.8, 4) is 0 Å². The van der Waals surface area contributed by atoms with Crippen molar-refractivity contribution in [3.63, 3.8) is 0 Å². The summed E-state index contributed by atoms with van der Waals surface area (Å²) in [6.45, 7) is -0.445. The summed E-state index contributed by atoms with van der Waals surface area (Å²) in [5.74, 6) is -2.30. The first-order valence-corrected chi connectivity index (χ1v) is 11.0. The minimum Gasteiger partial charge on any atom is -0.368 e. The van der Waals surface area contributed by atoms with E-state index in [-0.39, 0.29) is 12.5 Å². The number of benzene rings is 1. The number of alkyl halides is 3. The highest BCUT2D eigenvalue weighted by Crippen LogP contribution is 2.46. The molecule has 162 valence electrons. The fourth-order valence-corrected chi connectivity index (χ4v) is 4.17. The van der Waals surface area contributed by atoms with Crippen molar-refractivity contribution in [1.29, 1.82) is 0 Å². The molecule has 9 nitrogen and oxygen atoms in total. The number of fused-ring (bicyclic) bond motifs is 1. The van der Waals surface area contributed by atoms with E-state index in [9.17, 15) is 17.7 Å². The molecule has 0 aliphatic heterocycles. The third-order valence-electron chi connectivity index (χ3n) is 3.83. The van der Waals surface area contributed by atoms with Gasteiger partial charge in [-0.1, -0.05) is 30.0 Å². The first kappa shape index (κ1) is 22.5. The Hall–Kier alpha value is -2.18. The van der Waals surface area contributed by atoms with Crippen molar-refractivity contribution in [1.82, 2.24) is 19.5 Å². The molecule has 4 N–H and O–H groups in total. The van der Waals surface area contributed by atoms with Gasteiger partial charge in [-0.05, 0) is 12.1 Å². The third kappa shape index (κ3) is 5.92. The molecule has 2 aromatic heterocycles. The quantitative estimate of drug-likeness (QED) is 0.340. The average Bonchev–Trinajstić information content (AvgIpc) is 3.03. The number of halogens is 3. The van der Waals surface area contributed by atoms with Gasteiger partial charge in [0.05, 0.1) is 19.4 Å². The van der Waals surface area contributed by atoms with Crippen LogP contribution in [-0.4, -0.2) is 47.9 Å². The molecule has 0 amide bonds. The van der Waals surface area contributed by atoms with Crippen LogP contribution >= 0.6 is 19.4 Å². The second-order valence-corrected chi connectivity index (χ2v) is 8.96. The third-order valence-corrected chi connectivity index (χ3v) is 5.90. The average molecular weight is 463 g/mol. The molecule has 0 aliphatic carbocycles. The molecule has 3 aromatic rings. The Kier molecular flexibility index (Phi) is 6.68. The van der Waals surface area contributed by atoms with Gasteiger partial charge in [0, 0.05) is 11.4 Å². The van der Waals surface area contributed by atoms with Crippen LogP contribution in [0.5, 0.6) is 0 Å². The number of nitrogens with zero attached hydrogens (tertiary/aromatic N) is 4. The lowest BCUT2D eigenvalue weighted by molar-refractivity contribution is -0.152. The van der Waals surface area contributed by atoms with E-state index < -0.39 is 32.6 Å². The highest BCUT2D eigenvalue weighted by molar-refractivity contribution is 7.99. The molecule has 0 spiro atoms. The van der Waals surface area contributed by atoms with Gasteiger partial charge in [0.25, 0.3) is 0 Å². The lowest BCUT2D eigenvalue weighted by atomic mass is 10.4. The van der Waals surface area contributed by atoms with Crippen molar-refractivity contribution in [2.45, 2.75) is 34.9 Å². The van der Waals surface area contributed by atoms with Crippen molar-refractivity contribution in [3.05, 3.63) is 36.7 Å². The van der Waals surface area contributed by atoms with Crippen LogP contribution in [0.2, 0.25) is 0 Å². The summed E-state index contributed by atoms with van der Waals surface area (Å²) >= 11 is 1.32. The van der Waals surface area contributed by atoms with Crippen LogP contribution in [0.4, 0.5) is 19.1 Å². The van der Waals surface area contributed by atoms with E-state index in [2.05, 4.69) is 15.0 Å². The Morgan fingerprint density at radius 3 is 2.57 bits per heavy atom. The number of anilines is 1. The molecule has 14 heteroatoms. The summed E-state index contributed by atoms with van der Waals surface area (Å²) in [4.78, 5) is 31.6. The van der Waals surface area contributed by atoms with Crippen LogP contribution < -0.4 is 5.73 Å². The number of hydrogen-bond donors (Lipinski definition) is 3. The van der Waals surface area contributed by atoms with E-state index in [0.29, 0.717) is 16.2 Å². The lowest BCUT2D eigenvalue weighted by Gasteiger charge is -2.20. The van der Waals surface area contributed by atoms with Crippen molar-refractivity contribution >= 4 is 36.5 Å². The molecular weight excluding hydrogens is 446 g/mol. The summed E-state index contributed by atoms with van der Waals surface area (Å²) in [6.07, 6.45) is -5.15. The van der Waals surface area contributed by atoms with Gasteiger partial charge in [-0.3, -0.25) is 4.57 Å². The number of hydrogen-bond acceptors (Lipinski definition) is 7. The number of imidazole rings is 1. The SMILES string of the molecule is Nc1nc(Sc2ccccc2)c2ncn(CCOC(CC(F)(F)F)P(=O)(O)O)c2n1. The van der Waals surface area contributed by atoms with Crippen LogP contribution in [0, 0.1) is 0 Å². The Balaban J connectivity index is 1.76. The summed E-state index contributed by atoms with van der Waals surface area (Å²) in [5.41, 5.74) is 6.53. The smallest absolute Gasteiger partial charge is 0.368 e. The van der Waals surface area contributed by atoms with Crippen molar-refractivity contribution in [2.24, 2.45) is 0 Å². The second kappa shape index (κ2) is 8.90. The molecule has 30 heavy (non-hydrogen) atoms.